The minimum absolute atomic E-state index is 0.0439. The molecule has 0 fully saturated rings. The van der Waals surface area contributed by atoms with E-state index in [9.17, 15) is 4.79 Å². The number of rotatable bonds is 2. The second kappa shape index (κ2) is 3.69. The van der Waals surface area contributed by atoms with Gasteiger partial charge in [-0.25, -0.2) is 0 Å². The smallest absolute Gasteiger partial charge is 0.158 e. The Hall–Kier alpha value is -1.31. The second-order valence-corrected chi connectivity index (χ2v) is 4.52. The van der Waals surface area contributed by atoms with Gasteiger partial charge >= 0.3 is 0 Å². The number of ketones is 1. The van der Waals surface area contributed by atoms with Gasteiger partial charge in [-0.15, -0.1) is 0 Å². The van der Waals surface area contributed by atoms with E-state index in [0.717, 1.165) is 6.42 Å². The Morgan fingerprint density at radius 2 is 2.07 bits per heavy atom. The molecule has 1 aromatic rings. The molecule has 0 spiro atoms. The molecule has 80 valence electrons. The van der Waals surface area contributed by atoms with Gasteiger partial charge in [0.25, 0.3) is 0 Å². The molecule has 2 rings (SSSR count). The molecule has 0 radical (unpaired) electrons. The van der Waals surface area contributed by atoms with E-state index in [2.05, 4.69) is 17.0 Å². The fourth-order valence-electron chi connectivity index (χ4n) is 2.22. The maximum atomic E-state index is 12.0. The third-order valence-corrected chi connectivity index (χ3v) is 3.15. The molecular weight excluding hydrogens is 186 g/mol. The lowest BCUT2D eigenvalue weighted by Gasteiger charge is -2.22. The summed E-state index contributed by atoms with van der Waals surface area (Å²) in [7, 11) is 2.01. The number of carbonyl (C=O) groups excluding carboxylic acids is 1. The van der Waals surface area contributed by atoms with Crippen LogP contribution in [-0.4, -0.2) is 18.9 Å². The summed E-state index contributed by atoms with van der Waals surface area (Å²) in [5.41, 5.74) is 2.50. The van der Waals surface area contributed by atoms with Crippen molar-refractivity contribution in [2.45, 2.75) is 26.3 Å². The molecular formula is C13H17NO. The van der Waals surface area contributed by atoms with Crippen molar-refractivity contribution >= 4 is 11.5 Å². The molecule has 1 aromatic carbocycles. The highest BCUT2D eigenvalue weighted by Gasteiger charge is 2.32. The number of anilines is 1. The Morgan fingerprint density at radius 1 is 1.40 bits per heavy atom. The molecule has 0 bridgehead atoms. The molecule has 0 saturated heterocycles. The zero-order valence-electron chi connectivity index (χ0n) is 9.53. The van der Waals surface area contributed by atoms with Crippen LogP contribution >= 0.6 is 0 Å². The molecule has 0 aliphatic carbocycles. The van der Waals surface area contributed by atoms with Crippen molar-refractivity contribution < 1.29 is 4.79 Å². The number of likely N-dealkylation sites (N-methyl/N-ethyl adjacent to an activating group) is 1. The summed E-state index contributed by atoms with van der Waals surface area (Å²) in [6.07, 6.45) is 0.865. The van der Waals surface area contributed by atoms with Gasteiger partial charge in [-0.05, 0) is 11.6 Å². The molecule has 0 amide bonds. The quantitative estimate of drug-likeness (QED) is 0.735. The molecule has 2 nitrogen and oxygen atoms in total. The van der Waals surface area contributed by atoms with Crippen LogP contribution in [0.1, 0.15) is 19.4 Å². The van der Waals surface area contributed by atoms with Crippen molar-refractivity contribution in [2.75, 3.05) is 11.9 Å². The molecule has 2 heteroatoms. The van der Waals surface area contributed by atoms with Gasteiger partial charge in [0.2, 0.25) is 0 Å². The largest absolute Gasteiger partial charge is 0.364 e. The number of para-hydroxylation sites is 1. The fourth-order valence-corrected chi connectivity index (χ4v) is 2.22. The fraction of sp³-hybridized carbons (Fsp3) is 0.462. The lowest BCUT2D eigenvalue weighted by Crippen LogP contribution is -2.38. The van der Waals surface area contributed by atoms with Crippen LogP contribution in [0, 0.1) is 5.92 Å². The number of fused-ring (bicyclic) bond motifs is 1. The van der Waals surface area contributed by atoms with Gasteiger partial charge in [0, 0.05) is 25.1 Å². The van der Waals surface area contributed by atoms with Gasteiger partial charge in [0.05, 0.1) is 6.04 Å². The first kappa shape index (κ1) is 10.2. The normalized spacial score (nSPS) is 19.5. The van der Waals surface area contributed by atoms with E-state index in [-0.39, 0.29) is 12.0 Å². The van der Waals surface area contributed by atoms with Crippen molar-refractivity contribution in [1.29, 1.82) is 0 Å². The highest BCUT2D eigenvalue weighted by Crippen LogP contribution is 2.31. The predicted octanol–water partition coefficient (Wildman–Crippen LogP) is 2.27. The summed E-state index contributed by atoms with van der Waals surface area (Å²) in [6, 6.07) is 8.30. The zero-order chi connectivity index (χ0) is 11.0. The van der Waals surface area contributed by atoms with E-state index in [1.54, 1.807) is 0 Å². The topological polar surface area (TPSA) is 20.3 Å². The van der Waals surface area contributed by atoms with Crippen molar-refractivity contribution in [1.82, 2.24) is 0 Å². The Kier molecular flexibility index (Phi) is 2.51. The van der Waals surface area contributed by atoms with Crippen molar-refractivity contribution in [3.63, 3.8) is 0 Å². The maximum absolute atomic E-state index is 12.0. The van der Waals surface area contributed by atoms with Gasteiger partial charge in [-0.3, -0.25) is 4.79 Å². The van der Waals surface area contributed by atoms with Gasteiger partial charge in [-0.2, -0.15) is 0 Å². The standard InChI is InChI=1S/C13H17NO/c1-9(2)13(15)12-8-10-6-4-5-7-11(10)14(12)3/h4-7,9,12H,8H2,1-3H3/t12-/m0/s1. The molecule has 0 saturated carbocycles. The molecule has 15 heavy (non-hydrogen) atoms. The molecule has 0 unspecified atom stereocenters. The van der Waals surface area contributed by atoms with Crippen LogP contribution in [-0.2, 0) is 11.2 Å². The third-order valence-electron chi connectivity index (χ3n) is 3.15. The minimum Gasteiger partial charge on any atom is -0.364 e. The average molecular weight is 203 g/mol. The third kappa shape index (κ3) is 1.65. The van der Waals surface area contributed by atoms with Gasteiger partial charge in [0.15, 0.2) is 5.78 Å². The summed E-state index contributed by atoms with van der Waals surface area (Å²) in [6.45, 7) is 3.94. The summed E-state index contributed by atoms with van der Waals surface area (Å²) >= 11 is 0. The number of nitrogens with zero attached hydrogens (tertiary/aromatic N) is 1. The summed E-state index contributed by atoms with van der Waals surface area (Å²) in [5, 5.41) is 0. The Balaban J connectivity index is 2.27. The van der Waals surface area contributed by atoms with E-state index >= 15 is 0 Å². The molecule has 1 heterocycles. The highest BCUT2D eigenvalue weighted by atomic mass is 16.1. The summed E-state index contributed by atoms with van der Waals surface area (Å²) < 4.78 is 0. The number of hydrogen-bond acceptors (Lipinski definition) is 2. The molecule has 0 N–H and O–H groups in total. The number of benzene rings is 1. The van der Waals surface area contributed by atoms with Gasteiger partial charge in [0.1, 0.15) is 0 Å². The Bertz CT molecular complexity index is 384. The van der Waals surface area contributed by atoms with Crippen LogP contribution < -0.4 is 4.90 Å². The van der Waals surface area contributed by atoms with Crippen LogP contribution in [0.2, 0.25) is 0 Å². The van der Waals surface area contributed by atoms with Gasteiger partial charge in [-0.1, -0.05) is 32.0 Å². The van der Waals surface area contributed by atoms with E-state index < -0.39 is 0 Å². The van der Waals surface area contributed by atoms with Gasteiger partial charge < -0.3 is 4.90 Å². The monoisotopic (exact) mass is 203 g/mol. The minimum atomic E-state index is 0.0439. The SMILES string of the molecule is CC(C)C(=O)[C@@H]1Cc2ccccc2N1C. The second-order valence-electron chi connectivity index (χ2n) is 4.52. The Morgan fingerprint density at radius 3 is 2.67 bits per heavy atom. The summed E-state index contributed by atoms with van der Waals surface area (Å²) in [5.74, 6) is 0.459. The first-order chi connectivity index (χ1) is 7.11. The lowest BCUT2D eigenvalue weighted by molar-refractivity contribution is -0.123. The average Bonchev–Trinajstić information content (AvgIpc) is 2.56. The molecule has 1 aliphatic heterocycles. The van der Waals surface area contributed by atoms with E-state index in [1.165, 1.54) is 11.3 Å². The Labute approximate surface area is 90.9 Å². The zero-order valence-corrected chi connectivity index (χ0v) is 9.53. The van der Waals surface area contributed by atoms with Crippen LogP contribution in [0.3, 0.4) is 0 Å². The molecule has 1 aliphatic rings. The maximum Gasteiger partial charge on any atom is 0.158 e. The van der Waals surface area contributed by atoms with E-state index in [1.807, 2.05) is 33.0 Å². The number of hydrogen-bond donors (Lipinski definition) is 0. The predicted molar refractivity (Wildman–Crippen MR) is 62.2 cm³/mol. The van der Waals surface area contributed by atoms with Crippen LogP contribution in [0.4, 0.5) is 5.69 Å². The van der Waals surface area contributed by atoms with Crippen molar-refractivity contribution in [3.05, 3.63) is 29.8 Å². The van der Waals surface area contributed by atoms with Crippen LogP contribution in [0.15, 0.2) is 24.3 Å². The highest BCUT2D eigenvalue weighted by molar-refractivity contribution is 5.91. The van der Waals surface area contributed by atoms with Crippen molar-refractivity contribution in [2.24, 2.45) is 5.92 Å². The molecule has 0 aromatic heterocycles. The summed E-state index contributed by atoms with van der Waals surface area (Å²) in [4.78, 5) is 14.1. The van der Waals surface area contributed by atoms with Crippen LogP contribution in [0.25, 0.3) is 0 Å². The van der Waals surface area contributed by atoms with Crippen LogP contribution in [0.5, 0.6) is 0 Å². The lowest BCUT2D eigenvalue weighted by atomic mass is 9.99. The van der Waals surface area contributed by atoms with E-state index in [0.29, 0.717) is 5.78 Å². The molecule has 1 atom stereocenters. The van der Waals surface area contributed by atoms with E-state index in [4.69, 9.17) is 0 Å². The first-order valence-corrected chi connectivity index (χ1v) is 5.45. The first-order valence-electron chi connectivity index (χ1n) is 5.45. The number of carbonyl (C=O) groups is 1. The number of Topliss-reactive ketones (excluding diaryl/α,β-unsaturated/α-hetero) is 1. The van der Waals surface area contributed by atoms with Crippen molar-refractivity contribution in [3.8, 4) is 0 Å².